The van der Waals surface area contributed by atoms with Crippen molar-refractivity contribution in [3.63, 3.8) is 0 Å². The van der Waals surface area contributed by atoms with Crippen LogP contribution in [-0.4, -0.2) is 39.6 Å². The molecule has 3 rings (SSSR count). The van der Waals surface area contributed by atoms with Crippen molar-refractivity contribution in [2.24, 2.45) is 0 Å². The monoisotopic (exact) mass is 307 g/mol. The Morgan fingerprint density at radius 2 is 1.95 bits per heavy atom. The highest BCUT2D eigenvalue weighted by atomic mass is 19.1. The largest absolute Gasteiger partial charge is 0.387 e. The highest BCUT2D eigenvalue weighted by molar-refractivity contribution is 5.22. The number of halogens is 2. The van der Waals surface area contributed by atoms with Gasteiger partial charge in [-0.3, -0.25) is 0 Å². The molecular weight excluding hydrogens is 288 g/mol. The summed E-state index contributed by atoms with van der Waals surface area (Å²) in [5.74, 6) is -0.0233. The van der Waals surface area contributed by atoms with Crippen molar-refractivity contribution in [1.82, 2.24) is 14.9 Å². The summed E-state index contributed by atoms with van der Waals surface area (Å²) in [6, 6.07) is 3.64. The predicted octanol–water partition coefficient (Wildman–Crippen LogP) is 2.60. The van der Waals surface area contributed by atoms with Crippen LogP contribution >= 0.6 is 0 Å². The first-order valence-electron chi connectivity index (χ1n) is 7.48. The molecule has 22 heavy (non-hydrogen) atoms. The fourth-order valence-corrected chi connectivity index (χ4v) is 3.05. The molecule has 2 aromatic rings. The third-order valence-electron chi connectivity index (χ3n) is 4.26. The summed E-state index contributed by atoms with van der Waals surface area (Å²) in [6.07, 6.45) is 4.24. The van der Waals surface area contributed by atoms with Crippen molar-refractivity contribution in [2.75, 3.05) is 19.6 Å². The molecule has 0 radical (unpaired) electrons. The van der Waals surface area contributed by atoms with Crippen LogP contribution in [0.1, 0.15) is 36.3 Å². The Morgan fingerprint density at radius 3 is 2.55 bits per heavy atom. The topological polar surface area (TPSA) is 52.1 Å². The molecule has 1 unspecified atom stereocenters. The van der Waals surface area contributed by atoms with E-state index in [-0.39, 0.29) is 12.1 Å². The number of hydrogen-bond donors (Lipinski definition) is 2. The zero-order valence-electron chi connectivity index (χ0n) is 12.2. The molecule has 1 aromatic heterocycles. The van der Waals surface area contributed by atoms with E-state index in [0.717, 1.165) is 31.8 Å². The third-order valence-corrected chi connectivity index (χ3v) is 4.26. The molecule has 0 spiro atoms. The number of nitrogens with zero attached hydrogens (tertiary/aromatic N) is 2. The fourth-order valence-electron chi connectivity index (χ4n) is 3.05. The smallest absolute Gasteiger partial charge is 0.131 e. The Hall–Kier alpha value is -1.79. The fraction of sp³-hybridized carbons (Fsp3) is 0.438. The molecule has 2 N–H and O–H groups in total. The Kier molecular flexibility index (Phi) is 4.49. The predicted molar refractivity (Wildman–Crippen MR) is 78.3 cm³/mol. The Balaban J connectivity index is 1.58. The van der Waals surface area contributed by atoms with E-state index in [1.54, 1.807) is 6.20 Å². The summed E-state index contributed by atoms with van der Waals surface area (Å²) in [5, 5.41) is 10.1. The van der Waals surface area contributed by atoms with Gasteiger partial charge in [-0.25, -0.2) is 13.8 Å². The summed E-state index contributed by atoms with van der Waals surface area (Å²) >= 11 is 0. The number of likely N-dealkylation sites (tertiary alicyclic amines) is 1. The normalized spacial score (nSPS) is 18.5. The first-order valence-corrected chi connectivity index (χ1v) is 7.48. The Labute approximate surface area is 127 Å². The van der Waals surface area contributed by atoms with Gasteiger partial charge in [-0.15, -0.1) is 0 Å². The van der Waals surface area contributed by atoms with Crippen molar-refractivity contribution in [1.29, 1.82) is 0 Å². The number of H-pyrrole nitrogens is 1. The van der Waals surface area contributed by atoms with Crippen molar-refractivity contribution < 1.29 is 13.9 Å². The first-order chi connectivity index (χ1) is 10.6. The second-order valence-electron chi connectivity index (χ2n) is 5.70. The molecule has 118 valence electrons. The summed E-state index contributed by atoms with van der Waals surface area (Å²) in [6.45, 7) is 1.79. The molecule has 1 saturated heterocycles. The SMILES string of the molecule is OC(CN1CCC(c2ncc[nH]2)CC1)c1c(F)cccc1F. The molecule has 0 saturated carbocycles. The lowest BCUT2D eigenvalue weighted by atomic mass is 9.95. The van der Waals surface area contributed by atoms with Crippen LogP contribution in [0.5, 0.6) is 0 Å². The molecule has 4 nitrogen and oxygen atoms in total. The van der Waals surface area contributed by atoms with Gasteiger partial charge in [0.1, 0.15) is 17.5 Å². The number of aromatic amines is 1. The molecular formula is C16H19F2N3O. The minimum absolute atomic E-state index is 0.239. The van der Waals surface area contributed by atoms with Crippen molar-refractivity contribution in [3.05, 3.63) is 53.6 Å². The average Bonchev–Trinajstić information content (AvgIpc) is 3.02. The first kappa shape index (κ1) is 15.1. The number of aliphatic hydroxyl groups excluding tert-OH is 1. The zero-order chi connectivity index (χ0) is 15.5. The number of β-amino-alcohol motifs (C(OH)–C–C–N with tert-alkyl or cyclic N) is 1. The van der Waals surface area contributed by atoms with Gasteiger partial charge >= 0.3 is 0 Å². The summed E-state index contributed by atoms with van der Waals surface area (Å²) in [4.78, 5) is 9.44. The van der Waals surface area contributed by atoms with Gasteiger partial charge in [-0.2, -0.15) is 0 Å². The van der Waals surface area contributed by atoms with Crippen molar-refractivity contribution in [3.8, 4) is 0 Å². The third kappa shape index (κ3) is 3.18. The maximum Gasteiger partial charge on any atom is 0.131 e. The molecule has 0 amide bonds. The second-order valence-corrected chi connectivity index (χ2v) is 5.70. The zero-order valence-corrected chi connectivity index (χ0v) is 12.2. The van der Waals surface area contributed by atoms with E-state index in [0.29, 0.717) is 5.92 Å². The van der Waals surface area contributed by atoms with Crippen LogP contribution in [0.3, 0.4) is 0 Å². The minimum Gasteiger partial charge on any atom is -0.387 e. The van der Waals surface area contributed by atoms with Gasteiger partial charge in [0.05, 0.1) is 11.7 Å². The number of piperidine rings is 1. The van der Waals surface area contributed by atoms with E-state index in [9.17, 15) is 13.9 Å². The van der Waals surface area contributed by atoms with E-state index in [2.05, 4.69) is 9.97 Å². The van der Waals surface area contributed by atoms with E-state index in [1.165, 1.54) is 18.2 Å². The number of imidazole rings is 1. The van der Waals surface area contributed by atoms with Crippen LogP contribution in [0.4, 0.5) is 8.78 Å². The molecule has 1 aliphatic heterocycles. The second kappa shape index (κ2) is 6.54. The van der Waals surface area contributed by atoms with Crippen LogP contribution in [0.25, 0.3) is 0 Å². The number of benzene rings is 1. The van der Waals surface area contributed by atoms with E-state index >= 15 is 0 Å². The van der Waals surface area contributed by atoms with Gasteiger partial charge in [0, 0.05) is 24.9 Å². The molecule has 1 fully saturated rings. The number of hydrogen-bond acceptors (Lipinski definition) is 3. The number of aliphatic hydroxyl groups is 1. The molecule has 6 heteroatoms. The van der Waals surface area contributed by atoms with E-state index in [4.69, 9.17) is 0 Å². The number of rotatable bonds is 4. The summed E-state index contributed by atoms with van der Waals surface area (Å²) in [7, 11) is 0. The van der Waals surface area contributed by atoms with Gasteiger partial charge in [-0.1, -0.05) is 6.07 Å². The van der Waals surface area contributed by atoms with E-state index in [1.807, 2.05) is 11.1 Å². The maximum absolute atomic E-state index is 13.7. The molecule has 0 bridgehead atoms. The van der Waals surface area contributed by atoms with E-state index < -0.39 is 17.7 Å². The van der Waals surface area contributed by atoms with Crippen LogP contribution in [0.15, 0.2) is 30.6 Å². The quantitative estimate of drug-likeness (QED) is 0.913. The van der Waals surface area contributed by atoms with Gasteiger partial charge in [-0.05, 0) is 38.1 Å². The van der Waals surface area contributed by atoms with Crippen LogP contribution in [-0.2, 0) is 0 Å². The van der Waals surface area contributed by atoms with Gasteiger partial charge in [0.15, 0.2) is 0 Å². The average molecular weight is 307 g/mol. The highest BCUT2D eigenvalue weighted by Gasteiger charge is 2.25. The van der Waals surface area contributed by atoms with Crippen LogP contribution < -0.4 is 0 Å². The van der Waals surface area contributed by atoms with Crippen molar-refractivity contribution >= 4 is 0 Å². The summed E-state index contributed by atoms with van der Waals surface area (Å²) in [5.41, 5.74) is -0.240. The Morgan fingerprint density at radius 1 is 1.27 bits per heavy atom. The molecule has 1 aromatic carbocycles. The Bertz CT molecular complexity index is 590. The van der Waals surface area contributed by atoms with Crippen molar-refractivity contribution in [2.45, 2.75) is 24.9 Å². The maximum atomic E-state index is 13.7. The molecule has 1 atom stereocenters. The lowest BCUT2D eigenvalue weighted by Crippen LogP contribution is -2.36. The lowest BCUT2D eigenvalue weighted by Gasteiger charge is -2.32. The lowest BCUT2D eigenvalue weighted by molar-refractivity contribution is 0.0914. The van der Waals surface area contributed by atoms with Crippen LogP contribution in [0, 0.1) is 11.6 Å². The standard InChI is InChI=1S/C16H19F2N3O/c17-12-2-1-3-13(18)15(12)14(22)10-21-8-4-11(5-9-21)16-19-6-7-20-16/h1-3,6-7,11,14,22H,4-5,8-10H2,(H,19,20). The molecule has 2 heterocycles. The highest BCUT2D eigenvalue weighted by Crippen LogP contribution is 2.27. The molecule has 0 aliphatic carbocycles. The minimum atomic E-state index is -1.15. The molecule has 1 aliphatic rings. The number of nitrogens with one attached hydrogen (secondary N) is 1. The summed E-state index contributed by atoms with van der Waals surface area (Å²) < 4.78 is 27.3. The number of aromatic nitrogens is 2. The van der Waals surface area contributed by atoms with Gasteiger partial charge < -0.3 is 15.0 Å². The van der Waals surface area contributed by atoms with Gasteiger partial charge in [0.25, 0.3) is 0 Å². The van der Waals surface area contributed by atoms with Gasteiger partial charge in [0.2, 0.25) is 0 Å². The van der Waals surface area contributed by atoms with Crippen LogP contribution in [0.2, 0.25) is 0 Å².